The molecular weight excluding hydrogens is 579 g/mol. The van der Waals surface area contributed by atoms with Crippen molar-refractivity contribution in [3.8, 4) is 22.5 Å². The molecule has 0 saturated carbocycles. The van der Waals surface area contributed by atoms with Crippen LogP contribution in [0.5, 0.6) is 0 Å². The van der Waals surface area contributed by atoms with Crippen molar-refractivity contribution < 1.29 is 27.8 Å². The molecule has 0 N–H and O–H groups in total. The summed E-state index contributed by atoms with van der Waals surface area (Å²) in [5.41, 5.74) is 5.20. The van der Waals surface area contributed by atoms with Gasteiger partial charge in [0, 0.05) is 0 Å². The summed E-state index contributed by atoms with van der Waals surface area (Å²) in [4.78, 5) is 0. The van der Waals surface area contributed by atoms with Gasteiger partial charge in [-0.15, -0.1) is 60.2 Å². The predicted octanol–water partition coefficient (Wildman–Crippen LogP) is 9.76. The quantitative estimate of drug-likeness (QED) is 0.162. The Labute approximate surface area is 247 Å². The van der Waals surface area contributed by atoms with Crippen LogP contribution >= 0.6 is 24.8 Å². The SMILES string of the molecule is Cc1ccc(-c2cc3c(-c4ccc(C(C)(C)C)cc4)cccc3[cH-]2)o1.Cl.Cl.[C-]1=CC=CC1.[CH3-].[CH3-].[Si]=[Zr]. The maximum absolute atomic E-state index is 5.80. The van der Waals surface area contributed by atoms with E-state index in [0.717, 1.165) is 23.5 Å². The molecule has 192 valence electrons. The van der Waals surface area contributed by atoms with E-state index >= 15 is 0 Å². The Bertz CT molecular complexity index is 1220. The number of benzene rings is 2. The fourth-order valence-electron chi connectivity index (χ4n) is 3.71. The first kappa shape index (κ1) is 36.6. The van der Waals surface area contributed by atoms with Gasteiger partial charge in [0.05, 0.1) is 11.5 Å². The molecule has 0 atom stereocenters. The molecule has 5 rings (SSSR count). The molecule has 0 unspecified atom stereocenters. The van der Waals surface area contributed by atoms with Crippen molar-refractivity contribution >= 4 is 42.5 Å². The van der Waals surface area contributed by atoms with Crippen LogP contribution in [0.4, 0.5) is 0 Å². The van der Waals surface area contributed by atoms with Crippen molar-refractivity contribution in [1.82, 2.24) is 0 Å². The van der Waals surface area contributed by atoms with Crippen molar-refractivity contribution in [3.63, 3.8) is 0 Å². The number of aryl methyl sites for hydroxylation is 1. The van der Waals surface area contributed by atoms with Crippen LogP contribution in [0.25, 0.3) is 33.2 Å². The second kappa shape index (κ2) is 17.1. The first-order valence-electron chi connectivity index (χ1n) is 10.8. The van der Waals surface area contributed by atoms with E-state index in [2.05, 4.69) is 94.4 Å². The Hall–Kier alpha value is -1.51. The van der Waals surface area contributed by atoms with Gasteiger partial charge in [0.25, 0.3) is 0 Å². The van der Waals surface area contributed by atoms with E-state index in [9.17, 15) is 0 Å². The second-order valence-corrected chi connectivity index (χ2v) is 8.79. The zero-order valence-electron chi connectivity index (χ0n) is 22.0. The number of fused-ring (bicyclic) bond motifs is 1. The minimum atomic E-state index is 0. The molecule has 5 heteroatoms. The molecule has 1 aliphatic carbocycles. The third-order valence-electron chi connectivity index (χ3n) is 5.42. The van der Waals surface area contributed by atoms with Crippen LogP contribution in [0.1, 0.15) is 38.5 Å². The van der Waals surface area contributed by atoms with E-state index in [0.29, 0.717) is 0 Å². The Kier molecular flexibility index (Phi) is 17.4. The van der Waals surface area contributed by atoms with E-state index in [1.165, 1.54) is 50.8 Å². The molecule has 0 spiro atoms. The van der Waals surface area contributed by atoms with E-state index < -0.39 is 0 Å². The van der Waals surface area contributed by atoms with Gasteiger partial charge in [-0.3, -0.25) is 6.08 Å². The van der Waals surface area contributed by atoms with Crippen molar-refractivity contribution in [2.75, 3.05) is 0 Å². The standard InChI is InChI=1S/C24H23O.C5H5.2CH3.2ClH.Si.Zr/c1-16-8-13-23(25-16)19-14-18-6-5-7-21(22(18)15-19)17-9-11-20(12-10-17)24(2,3)4;1-2-4-5-3-1;;;;;;/h5-15H,1-4H3;1-3H,4H2;2*1H3;2*1H;;/q4*-1;;;;. The van der Waals surface area contributed by atoms with E-state index in [1.807, 2.05) is 31.2 Å². The summed E-state index contributed by atoms with van der Waals surface area (Å²) in [5.74, 6) is 1.88. The van der Waals surface area contributed by atoms with Crippen LogP contribution in [0.3, 0.4) is 0 Å². The molecular formula is C31H36Cl2OSiZr-4. The third-order valence-corrected chi connectivity index (χ3v) is 5.42. The van der Waals surface area contributed by atoms with Gasteiger partial charge in [0.15, 0.2) is 0 Å². The topological polar surface area (TPSA) is 13.1 Å². The molecule has 0 saturated heterocycles. The summed E-state index contributed by atoms with van der Waals surface area (Å²) < 4.78 is 5.80. The summed E-state index contributed by atoms with van der Waals surface area (Å²) in [6.07, 6.45) is 10.0. The average Bonchev–Trinajstić information content (AvgIpc) is 3.56. The molecule has 0 fully saturated rings. The molecule has 1 nitrogen and oxygen atoms in total. The van der Waals surface area contributed by atoms with Crippen molar-refractivity contribution in [2.45, 2.75) is 39.5 Å². The van der Waals surface area contributed by atoms with Crippen LogP contribution in [0, 0.1) is 27.9 Å². The fraction of sp³-hybridized carbons (Fsp3) is 0.194. The van der Waals surface area contributed by atoms with Crippen LogP contribution in [0.15, 0.2) is 89.4 Å². The molecule has 4 aromatic rings. The van der Waals surface area contributed by atoms with Gasteiger partial charge in [-0.05, 0) is 35.6 Å². The molecule has 0 amide bonds. The van der Waals surface area contributed by atoms with Gasteiger partial charge in [0.1, 0.15) is 0 Å². The third kappa shape index (κ3) is 9.42. The summed E-state index contributed by atoms with van der Waals surface area (Å²) in [7, 11) is 0. The Balaban J connectivity index is 0. The Morgan fingerprint density at radius 2 is 1.61 bits per heavy atom. The zero-order chi connectivity index (χ0) is 23.1. The Morgan fingerprint density at radius 3 is 2.08 bits per heavy atom. The predicted molar refractivity (Wildman–Crippen MR) is 161 cm³/mol. The Morgan fingerprint density at radius 1 is 0.944 bits per heavy atom. The monoisotopic (exact) mass is 612 g/mol. The molecule has 36 heavy (non-hydrogen) atoms. The molecule has 1 heterocycles. The van der Waals surface area contributed by atoms with Crippen LogP contribution < -0.4 is 0 Å². The number of furan rings is 1. The van der Waals surface area contributed by atoms with Gasteiger partial charge in [-0.2, -0.15) is 6.08 Å². The summed E-state index contributed by atoms with van der Waals surface area (Å²) in [6, 6.07) is 24.0. The van der Waals surface area contributed by atoms with Crippen LogP contribution in [-0.2, 0) is 28.8 Å². The van der Waals surface area contributed by atoms with E-state index in [1.54, 1.807) is 0 Å². The number of halogens is 2. The zero-order valence-corrected chi connectivity index (χ0v) is 27.1. The fourth-order valence-corrected chi connectivity index (χ4v) is 3.71. The number of allylic oxidation sites excluding steroid dienone is 4. The maximum atomic E-state index is 5.80. The summed E-state index contributed by atoms with van der Waals surface area (Å²) in [5, 5.41) is 2.52. The van der Waals surface area contributed by atoms with Crippen molar-refractivity contribution in [1.29, 1.82) is 0 Å². The van der Waals surface area contributed by atoms with Gasteiger partial charge in [-0.25, -0.2) is 12.2 Å². The van der Waals surface area contributed by atoms with Gasteiger partial charge in [0.2, 0.25) is 0 Å². The van der Waals surface area contributed by atoms with Crippen LogP contribution in [-0.4, -0.2) is 6.88 Å². The number of rotatable bonds is 2. The van der Waals surface area contributed by atoms with Gasteiger partial charge in [-0.1, -0.05) is 68.3 Å². The van der Waals surface area contributed by atoms with E-state index in [4.69, 9.17) is 4.42 Å². The molecule has 1 aliphatic rings. The average molecular weight is 615 g/mol. The molecule has 0 aliphatic heterocycles. The van der Waals surface area contributed by atoms with Crippen molar-refractivity contribution in [3.05, 3.63) is 117 Å². The first-order chi connectivity index (χ1) is 15.4. The number of hydrogen-bond acceptors (Lipinski definition) is 1. The van der Waals surface area contributed by atoms with Crippen LogP contribution in [0.2, 0.25) is 0 Å². The normalized spacial score (nSPS) is 10.9. The van der Waals surface area contributed by atoms with E-state index in [-0.39, 0.29) is 45.1 Å². The molecule has 3 aromatic carbocycles. The molecule has 1 aromatic heterocycles. The van der Waals surface area contributed by atoms with Crippen molar-refractivity contribution in [2.24, 2.45) is 0 Å². The first-order valence-corrected chi connectivity index (χ1v) is 14.9. The van der Waals surface area contributed by atoms with Gasteiger partial charge < -0.3 is 19.3 Å². The second-order valence-electron chi connectivity index (χ2n) is 8.79. The number of hydrogen-bond donors (Lipinski definition) is 0. The molecule has 0 bridgehead atoms. The molecule has 2 radical (unpaired) electrons. The van der Waals surface area contributed by atoms with Gasteiger partial charge >= 0.3 is 30.2 Å². The minimum absolute atomic E-state index is 0. The summed E-state index contributed by atoms with van der Waals surface area (Å²) >= 11 is 1.36. The summed E-state index contributed by atoms with van der Waals surface area (Å²) in [6.45, 7) is 11.8.